The van der Waals surface area contributed by atoms with Gasteiger partial charge in [-0.15, -0.1) is 0 Å². The molecule has 0 aromatic carbocycles. The van der Waals surface area contributed by atoms with E-state index in [1.165, 1.54) is 0 Å². The van der Waals surface area contributed by atoms with Crippen molar-refractivity contribution in [1.82, 2.24) is 4.90 Å². The zero-order valence-corrected chi connectivity index (χ0v) is 13.8. The van der Waals surface area contributed by atoms with Crippen molar-refractivity contribution in [2.75, 3.05) is 25.7 Å². The van der Waals surface area contributed by atoms with Crippen LogP contribution in [0, 0.1) is 0 Å². The molecule has 0 N–H and O–H groups in total. The topological polar surface area (TPSA) is 112 Å². The number of aliphatic imine (C=N–C) groups is 1. The van der Waals surface area contributed by atoms with Crippen molar-refractivity contribution < 1.29 is 29.9 Å². The highest BCUT2D eigenvalue weighted by atomic mass is 32.2. The van der Waals surface area contributed by atoms with Gasteiger partial charge in [-0.05, 0) is 6.08 Å². The van der Waals surface area contributed by atoms with Gasteiger partial charge >= 0.3 is 0 Å². The molecule has 126 valence electrons. The van der Waals surface area contributed by atoms with E-state index in [4.69, 9.17) is 13.1 Å². The first-order chi connectivity index (χ1) is 10.1. The first kappa shape index (κ1) is 17.3. The van der Waals surface area contributed by atoms with Crippen LogP contribution in [0.2, 0.25) is 0 Å². The smallest absolute Gasteiger partial charge is 0.264 e. The first-order valence-corrected chi connectivity index (χ1v) is 10.1. The molecule has 0 radical (unpaired) electrons. The summed E-state index contributed by atoms with van der Waals surface area (Å²) in [5.41, 5.74) is 0. The largest absolute Gasteiger partial charge is 0.350 e. The lowest BCUT2D eigenvalue weighted by Crippen LogP contribution is -2.35. The summed E-state index contributed by atoms with van der Waals surface area (Å²) in [6, 6.07) is 0. The molecule has 0 spiro atoms. The van der Waals surface area contributed by atoms with Crippen molar-refractivity contribution in [2.24, 2.45) is 4.99 Å². The minimum atomic E-state index is -3.70. The summed E-state index contributed by atoms with van der Waals surface area (Å²) in [5.74, 6) is 0. The second kappa shape index (κ2) is 6.62. The zero-order chi connectivity index (χ0) is 16.4. The van der Waals surface area contributed by atoms with E-state index in [-0.39, 0.29) is 13.0 Å². The average Bonchev–Trinajstić information content (AvgIpc) is 2.77. The fraction of sp³-hybridized carbons (Fsp3) is 0.727. The maximum Gasteiger partial charge on any atom is 0.264 e. The molecule has 0 bridgehead atoms. The fourth-order valence-corrected chi connectivity index (χ4v) is 3.20. The summed E-state index contributed by atoms with van der Waals surface area (Å²) in [6.07, 6.45) is 5.03. The fourth-order valence-electron chi connectivity index (χ4n) is 2.16. The highest BCUT2D eigenvalue weighted by Gasteiger charge is 2.41. The molecule has 2 aliphatic heterocycles. The number of ether oxygens (including phenoxy) is 1. The molecule has 0 amide bonds. The molecule has 0 saturated carbocycles. The molecule has 1 fully saturated rings. The van der Waals surface area contributed by atoms with E-state index >= 15 is 0 Å². The Kier molecular flexibility index (Phi) is 5.22. The predicted octanol–water partition coefficient (Wildman–Crippen LogP) is -0.720. The van der Waals surface area contributed by atoms with E-state index in [0.717, 1.165) is 12.5 Å². The molecule has 0 aliphatic carbocycles. The molecule has 2 heterocycles. The summed E-state index contributed by atoms with van der Waals surface area (Å²) in [7, 11) is -7.36. The monoisotopic (exact) mass is 354 g/mol. The predicted molar refractivity (Wildman–Crippen MR) is 78.1 cm³/mol. The molecule has 0 unspecified atom stereocenters. The maximum atomic E-state index is 11.3. The molecule has 1 saturated heterocycles. The Labute approximate surface area is 129 Å². The third-order valence-corrected chi connectivity index (χ3v) is 4.18. The van der Waals surface area contributed by atoms with Gasteiger partial charge in [-0.1, -0.05) is 0 Å². The van der Waals surface area contributed by atoms with Crippen LogP contribution in [-0.4, -0.2) is 72.2 Å². The van der Waals surface area contributed by atoms with E-state index in [9.17, 15) is 16.8 Å². The second-order valence-corrected chi connectivity index (χ2v) is 8.28. The van der Waals surface area contributed by atoms with Crippen LogP contribution in [0.3, 0.4) is 0 Å². The van der Waals surface area contributed by atoms with Gasteiger partial charge in [0.1, 0.15) is 18.4 Å². The van der Waals surface area contributed by atoms with Crippen LogP contribution in [0.15, 0.2) is 17.3 Å². The van der Waals surface area contributed by atoms with Crippen LogP contribution >= 0.6 is 0 Å². The van der Waals surface area contributed by atoms with Gasteiger partial charge in [0.05, 0.1) is 25.5 Å². The van der Waals surface area contributed by atoms with E-state index < -0.39 is 38.7 Å². The quantitative estimate of drug-likeness (QED) is 0.575. The molecule has 3 atom stereocenters. The van der Waals surface area contributed by atoms with Crippen LogP contribution in [-0.2, 0) is 33.3 Å². The van der Waals surface area contributed by atoms with Gasteiger partial charge in [0.25, 0.3) is 20.2 Å². The van der Waals surface area contributed by atoms with Crippen molar-refractivity contribution >= 4 is 26.6 Å². The molecule has 2 aliphatic rings. The van der Waals surface area contributed by atoms with Crippen LogP contribution in [0.4, 0.5) is 0 Å². The Bertz CT molecular complexity index is 656. The van der Waals surface area contributed by atoms with Crippen molar-refractivity contribution in [3.63, 3.8) is 0 Å². The highest BCUT2D eigenvalue weighted by molar-refractivity contribution is 7.86. The molecular weight excluding hydrogens is 336 g/mol. The van der Waals surface area contributed by atoms with Gasteiger partial charge < -0.3 is 9.64 Å². The lowest BCUT2D eigenvalue weighted by atomic mass is 10.2. The standard InChI is InChI=1S/C11H18N2O7S2/c1-21(14,15)18-7-10-9(20-22(2,16)17)6-11(19-10)13-5-3-4-12-8-13/h3-4,8-11H,5-7H2,1-2H3/t9-,10+,11-/m0/s1. The van der Waals surface area contributed by atoms with Crippen LogP contribution in [0.5, 0.6) is 0 Å². The Morgan fingerprint density at radius 1 is 1.27 bits per heavy atom. The Hall–Kier alpha value is -1.01. The van der Waals surface area contributed by atoms with Gasteiger partial charge in [-0.2, -0.15) is 16.8 Å². The molecule has 9 nitrogen and oxygen atoms in total. The lowest BCUT2D eigenvalue weighted by Gasteiger charge is -2.26. The number of hydrogen-bond acceptors (Lipinski definition) is 9. The van der Waals surface area contributed by atoms with E-state index in [2.05, 4.69) is 4.99 Å². The van der Waals surface area contributed by atoms with E-state index in [0.29, 0.717) is 6.54 Å². The molecule has 0 aromatic heterocycles. The SMILES string of the molecule is CS(=O)(=O)OC[C@H]1O[C@H](N2C=NC=CC2)C[C@@H]1OS(C)(=O)=O. The number of hydrogen-bond donors (Lipinski definition) is 0. The summed E-state index contributed by atoms with van der Waals surface area (Å²) in [4.78, 5) is 5.73. The van der Waals surface area contributed by atoms with Crippen LogP contribution in [0.1, 0.15) is 6.42 Å². The van der Waals surface area contributed by atoms with E-state index in [1.54, 1.807) is 17.4 Å². The van der Waals surface area contributed by atoms with Gasteiger partial charge in [0.15, 0.2) is 0 Å². The third-order valence-electron chi connectivity index (χ3n) is 3.02. The van der Waals surface area contributed by atoms with E-state index in [1.807, 2.05) is 6.08 Å². The first-order valence-electron chi connectivity index (χ1n) is 6.46. The molecule has 22 heavy (non-hydrogen) atoms. The second-order valence-electron chi connectivity index (χ2n) is 5.04. The van der Waals surface area contributed by atoms with Gasteiger partial charge in [0.2, 0.25) is 0 Å². The Morgan fingerprint density at radius 2 is 2.00 bits per heavy atom. The van der Waals surface area contributed by atoms with Crippen molar-refractivity contribution in [1.29, 1.82) is 0 Å². The summed E-state index contributed by atoms with van der Waals surface area (Å²) >= 11 is 0. The van der Waals surface area contributed by atoms with Gasteiger partial charge in [-0.25, -0.2) is 4.99 Å². The van der Waals surface area contributed by atoms with Crippen LogP contribution in [0.25, 0.3) is 0 Å². The normalized spacial score (nSPS) is 29.2. The minimum Gasteiger partial charge on any atom is -0.350 e. The van der Waals surface area contributed by atoms with Gasteiger partial charge in [-0.3, -0.25) is 8.37 Å². The van der Waals surface area contributed by atoms with Crippen molar-refractivity contribution in [2.45, 2.75) is 24.9 Å². The Morgan fingerprint density at radius 3 is 2.55 bits per heavy atom. The average molecular weight is 354 g/mol. The minimum absolute atomic E-state index is 0.255. The zero-order valence-electron chi connectivity index (χ0n) is 12.2. The number of nitrogens with zero attached hydrogens (tertiary/aromatic N) is 2. The summed E-state index contributed by atoms with van der Waals surface area (Å²) < 4.78 is 60.2. The summed E-state index contributed by atoms with van der Waals surface area (Å²) in [5, 5.41) is 0. The molecule has 11 heteroatoms. The maximum absolute atomic E-state index is 11.3. The number of rotatable bonds is 6. The highest BCUT2D eigenvalue weighted by Crippen LogP contribution is 2.27. The van der Waals surface area contributed by atoms with Gasteiger partial charge in [0, 0.05) is 19.2 Å². The molecule has 2 rings (SSSR count). The molecule has 0 aromatic rings. The third kappa shape index (κ3) is 5.32. The lowest BCUT2D eigenvalue weighted by molar-refractivity contribution is -0.0456. The van der Waals surface area contributed by atoms with Crippen LogP contribution < -0.4 is 0 Å². The van der Waals surface area contributed by atoms with Crippen molar-refractivity contribution in [3.8, 4) is 0 Å². The van der Waals surface area contributed by atoms with Crippen molar-refractivity contribution in [3.05, 3.63) is 12.3 Å². The summed E-state index contributed by atoms with van der Waals surface area (Å²) in [6.45, 7) is 0.246. The Balaban J connectivity index is 2.06. The molecular formula is C11H18N2O7S2.